The Morgan fingerprint density at radius 2 is 1.79 bits per heavy atom. The normalized spacial score (nSPS) is 19.6. The molecule has 2 N–H and O–H groups in total. The van der Waals surface area contributed by atoms with Crippen LogP contribution in [0.3, 0.4) is 0 Å². The van der Waals surface area contributed by atoms with E-state index in [0.29, 0.717) is 49.6 Å². The number of piperidine rings is 2. The highest BCUT2D eigenvalue weighted by atomic mass is 19.4. The van der Waals surface area contributed by atoms with E-state index in [0.717, 1.165) is 92.2 Å². The first-order chi connectivity index (χ1) is 25.5. The second-order valence-electron chi connectivity index (χ2n) is 15.3. The molecule has 2 aromatic carbocycles. The number of nitrogens with one attached hydrogen (secondary N) is 1. The number of aromatic amines is 1. The lowest BCUT2D eigenvalue weighted by Gasteiger charge is -2.53. The van der Waals surface area contributed by atoms with Crippen molar-refractivity contribution in [3.05, 3.63) is 35.5 Å². The second-order valence-corrected chi connectivity index (χ2v) is 15.3. The molecule has 3 aliphatic heterocycles. The van der Waals surface area contributed by atoms with Gasteiger partial charge in [-0.25, -0.2) is 4.79 Å². The van der Waals surface area contributed by atoms with Crippen LogP contribution in [0.4, 0.5) is 23.8 Å². The molecule has 5 heterocycles. The van der Waals surface area contributed by atoms with Crippen LogP contribution in [-0.4, -0.2) is 120 Å². The molecule has 2 aromatic heterocycles. The molecule has 3 saturated heterocycles. The molecule has 0 bridgehead atoms. The van der Waals surface area contributed by atoms with Crippen LogP contribution in [-0.2, 0) is 4.74 Å². The Bertz CT molecular complexity index is 1980. The van der Waals surface area contributed by atoms with Crippen molar-refractivity contribution in [3.8, 4) is 22.9 Å². The minimum absolute atomic E-state index is 0.0737. The quantitative estimate of drug-likeness (QED) is 0.159. The summed E-state index contributed by atoms with van der Waals surface area (Å²) in [5, 5.41) is 18.2. The Morgan fingerprint density at radius 3 is 2.47 bits per heavy atom. The number of benzene rings is 2. The maximum absolute atomic E-state index is 14.1. The first-order valence-electron chi connectivity index (χ1n) is 18.6. The third kappa shape index (κ3) is 7.29. The van der Waals surface area contributed by atoms with Crippen molar-refractivity contribution in [2.75, 3.05) is 71.0 Å². The molecule has 12 nitrogen and oxygen atoms in total. The lowest BCUT2D eigenvalue weighted by Crippen LogP contribution is -2.61. The zero-order valence-electron chi connectivity index (χ0n) is 30.2. The first-order valence-corrected chi connectivity index (χ1v) is 18.6. The summed E-state index contributed by atoms with van der Waals surface area (Å²) in [5.74, 6) is 0.822. The standard InChI is InChI=1S/C38H46F3N7O5/c1-23-4-7-29-28(19-42-45-29)30(23)31-26(24-5-6-24)18-27-32(33(31)52-22-38(39,40)41)43-35(53-25-8-13-46(14-9-25)12-3-17-51-2)44-34(27)47-15-10-37(11-16-47)20-48(21-37)36(49)50/h4,7,18-19,24-25H,3,5-6,8-17,20-22H2,1-2H3,(H,42,45)(H,49,50). The van der Waals surface area contributed by atoms with Crippen molar-refractivity contribution in [1.29, 1.82) is 0 Å². The summed E-state index contributed by atoms with van der Waals surface area (Å²) >= 11 is 0. The number of nitrogens with zero attached hydrogens (tertiary/aromatic N) is 6. The number of carboxylic acid groups (broad SMARTS) is 1. The van der Waals surface area contributed by atoms with Gasteiger partial charge in [0.2, 0.25) is 0 Å². The number of alkyl halides is 3. The summed E-state index contributed by atoms with van der Waals surface area (Å²) in [4.78, 5) is 27.5. The number of aromatic nitrogens is 4. The summed E-state index contributed by atoms with van der Waals surface area (Å²) in [6, 6.07) is 6.05. The molecule has 0 unspecified atom stereocenters. The van der Waals surface area contributed by atoms with E-state index >= 15 is 0 Å². The molecule has 1 spiro atoms. The van der Waals surface area contributed by atoms with E-state index in [1.165, 1.54) is 4.90 Å². The van der Waals surface area contributed by atoms with Gasteiger partial charge in [0.15, 0.2) is 12.4 Å². The number of halogens is 3. The van der Waals surface area contributed by atoms with E-state index in [9.17, 15) is 23.1 Å². The Morgan fingerprint density at radius 1 is 1.04 bits per heavy atom. The zero-order chi connectivity index (χ0) is 36.9. The van der Waals surface area contributed by atoms with E-state index in [1.54, 1.807) is 13.3 Å². The van der Waals surface area contributed by atoms with Crippen LogP contribution in [0.25, 0.3) is 32.9 Å². The van der Waals surface area contributed by atoms with Crippen molar-refractivity contribution in [2.24, 2.45) is 5.41 Å². The predicted octanol–water partition coefficient (Wildman–Crippen LogP) is 6.76. The largest absolute Gasteiger partial charge is 0.481 e. The maximum atomic E-state index is 14.1. The number of anilines is 1. The lowest BCUT2D eigenvalue weighted by molar-refractivity contribution is -0.153. The highest BCUT2D eigenvalue weighted by molar-refractivity contribution is 6.06. The highest BCUT2D eigenvalue weighted by Crippen LogP contribution is 2.53. The van der Waals surface area contributed by atoms with Crippen LogP contribution >= 0.6 is 0 Å². The van der Waals surface area contributed by atoms with E-state index in [2.05, 4.69) is 26.1 Å². The van der Waals surface area contributed by atoms with E-state index in [1.807, 2.05) is 19.1 Å². The van der Waals surface area contributed by atoms with Crippen LogP contribution in [0.1, 0.15) is 62.0 Å². The number of H-pyrrole nitrogens is 1. The third-order valence-electron chi connectivity index (χ3n) is 11.5. The Labute approximate surface area is 305 Å². The fraction of sp³-hybridized carbons (Fsp3) is 0.579. The van der Waals surface area contributed by atoms with Gasteiger partial charge >= 0.3 is 18.3 Å². The van der Waals surface area contributed by atoms with Crippen LogP contribution in [0.5, 0.6) is 11.8 Å². The SMILES string of the molecule is COCCCN1CCC(Oc2nc(N3CCC4(CC3)CN(C(=O)O)C4)c3cc(C4CC4)c(-c4c(C)ccc5[nH]ncc45)c(OCC(F)(F)F)c3n2)CC1. The average Bonchev–Trinajstić information content (AvgIpc) is 3.86. The summed E-state index contributed by atoms with van der Waals surface area (Å²) in [6.45, 7) is 6.05. The molecule has 1 aliphatic carbocycles. The van der Waals surface area contributed by atoms with Gasteiger partial charge < -0.3 is 34.0 Å². The molecular weight excluding hydrogens is 691 g/mol. The molecule has 8 rings (SSSR count). The molecule has 0 atom stereocenters. The molecule has 284 valence electrons. The fourth-order valence-corrected chi connectivity index (χ4v) is 8.48. The van der Waals surface area contributed by atoms with Gasteiger partial charge in [0.1, 0.15) is 17.4 Å². The number of fused-ring (bicyclic) bond motifs is 2. The fourth-order valence-electron chi connectivity index (χ4n) is 8.48. The minimum atomic E-state index is -4.59. The Kier molecular flexibility index (Phi) is 9.50. The van der Waals surface area contributed by atoms with Crippen LogP contribution in [0.2, 0.25) is 0 Å². The van der Waals surface area contributed by atoms with Crippen molar-refractivity contribution in [3.63, 3.8) is 0 Å². The van der Waals surface area contributed by atoms with Crippen molar-refractivity contribution >= 4 is 33.7 Å². The lowest BCUT2D eigenvalue weighted by atomic mass is 9.72. The number of hydrogen-bond acceptors (Lipinski definition) is 9. The molecular formula is C38H46F3N7O5. The maximum Gasteiger partial charge on any atom is 0.422 e. The minimum Gasteiger partial charge on any atom is -0.481 e. The Balaban J connectivity index is 1.24. The van der Waals surface area contributed by atoms with Gasteiger partial charge in [-0.1, -0.05) is 6.07 Å². The number of amides is 1. The number of methoxy groups -OCH3 is 1. The molecule has 0 radical (unpaired) electrons. The van der Waals surface area contributed by atoms with Gasteiger partial charge in [-0.15, -0.1) is 0 Å². The number of rotatable bonds is 11. The van der Waals surface area contributed by atoms with Crippen LogP contribution in [0, 0.1) is 12.3 Å². The number of hydrogen-bond donors (Lipinski definition) is 2. The molecule has 4 aromatic rings. The zero-order valence-corrected chi connectivity index (χ0v) is 30.2. The first kappa shape index (κ1) is 35.6. The molecule has 1 saturated carbocycles. The monoisotopic (exact) mass is 737 g/mol. The number of likely N-dealkylation sites (tertiary alicyclic amines) is 2. The molecule has 15 heteroatoms. The van der Waals surface area contributed by atoms with Crippen molar-refractivity contribution < 1.29 is 37.3 Å². The Hall–Kier alpha value is -4.37. The summed E-state index contributed by atoms with van der Waals surface area (Å²) in [5.41, 5.74) is 4.15. The number of ether oxygens (including phenoxy) is 3. The molecule has 4 aliphatic rings. The molecule has 4 fully saturated rings. The van der Waals surface area contributed by atoms with Crippen molar-refractivity contribution in [2.45, 2.75) is 70.1 Å². The van der Waals surface area contributed by atoms with Gasteiger partial charge in [-0.2, -0.15) is 28.2 Å². The molecule has 1 amide bonds. The van der Waals surface area contributed by atoms with Crippen LogP contribution in [0.15, 0.2) is 24.4 Å². The van der Waals surface area contributed by atoms with Gasteiger partial charge in [-0.3, -0.25) is 5.10 Å². The van der Waals surface area contributed by atoms with Crippen LogP contribution < -0.4 is 14.4 Å². The number of aryl methyl sites for hydroxylation is 1. The third-order valence-corrected chi connectivity index (χ3v) is 11.5. The summed E-state index contributed by atoms with van der Waals surface area (Å²) < 4.78 is 59.8. The molecule has 53 heavy (non-hydrogen) atoms. The highest BCUT2D eigenvalue weighted by Gasteiger charge is 2.47. The van der Waals surface area contributed by atoms with E-state index in [-0.39, 0.29) is 34.7 Å². The van der Waals surface area contributed by atoms with Gasteiger partial charge in [-0.05, 0) is 86.6 Å². The summed E-state index contributed by atoms with van der Waals surface area (Å²) in [7, 11) is 1.70. The smallest absolute Gasteiger partial charge is 0.422 e. The van der Waals surface area contributed by atoms with Gasteiger partial charge in [0.25, 0.3) is 0 Å². The van der Waals surface area contributed by atoms with Gasteiger partial charge in [0.05, 0.1) is 11.7 Å². The summed E-state index contributed by atoms with van der Waals surface area (Å²) in [6.07, 6.45) is 1.89. The van der Waals surface area contributed by atoms with Crippen molar-refractivity contribution in [1.82, 2.24) is 30.0 Å². The average molecular weight is 738 g/mol. The predicted molar refractivity (Wildman–Crippen MR) is 193 cm³/mol. The van der Waals surface area contributed by atoms with E-state index < -0.39 is 18.9 Å². The topological polar surface area (TPSA) is 129 Å². The van der Waals surface area contributed by atoms with Gasteiger partial charge in [0, 0.05) is 81.3 Å². The van der Waals surface area contributed by atoms with E-state index in [4.69, 9.17) is 24.2 Å². The number of carbonyl (C=O) groups is 1. The second kappa shape index (κ2) is 14.1.